The molecule has 0 amide bonds. The fraction of sp³-hybridized carbons (Fsp3) is 0.385. The SMILES string of the molecule is CCCc1oc2oc(C)cc(=O)c2c(=O)c1C. The molecule has 0 aromatic carbocycles. The lowest BCUT2D eigenvalue weighted by Crippen LogP contribution is -2.17. The van der Waals surface area contributed by atoms with Gasteiger partial charge < -0.3 is 8.83 Å². The van der Waals surface area contributed by atoms with E-state index >= 15 is 0 Å². The summed E-state index contributed by atoms with van der Waals surface area (Å²) < 4.78 is 10.8. The van der Waals surface area contributed by atoms with Crippen LogP contribution >= 0.6 is 0 Å². The normalized spacial score (nSPS) is 11.0. The Bertz CT molecular complexity index is 676. The maximum atomic E-state index is 12.0. The molecule has 0 spiro atoms. The summed E-state index contributed by atoms with van der Waals surface area (Å²) in [6.45, 7) is 5.33. The van der Waals surface area contributed by atoms with Gasteiger partial charge in [-0.15, -0.1) is 0 Å². The van der Waals surface area contributed by atoms with E-state index in [1.807, 2.05) is 6.92 Å². The summed E-state index contributed by atoms with van der Waals surface area (Å²) in [4.78, 5) is 23.8. The average Bonchev–Trinajstić information content (AvgIpc) is 2.24. The minimum atomic E-state index is -0.344. The summed E-state index contributed by atoms with van der Waals surface area (Å²) in [7, 11) is 0. The number of aryl methyl sites for hydroxylation is 2. The van der Waals surface area contributed by atoms with Crippen LogP contribution in [0.1, 0.15) is 30.4 Å². The molecule has 0 atom stereocenters. The molecule has 0 fully saturated rings. The van der Waals surface area contributed by atoms with Gasteiger partial charge in [-0.1, -0.05) is 6.92 Å². The van der Waals surface area contributed by atoms with Crippen molar-refractivity contribution in [3.63, 3.8) is 0 Å². The molecule has 0 saturated heterocycles. The van der Waals surface area contributed by atoms with Gasteiger partial charge in [0.1, 0.15) is 11.5 Å². The van der Waals surface area contributed by atoms with Gasteiger partial charge in [-0.2, -0.15) is 0 Å². The van der Waals surface area contributed by atoms with Crippen molar-refractivity contribution in [2.24, 2.45) is 0 Å². The number of fused-ring (bicyclic) bond motifs is 1. The van der Waals surface area contributed by atoms with E-state index in [0.29, 0.717) is 23.5 Å². The van der Waals surface area contributed by atoms with Gasteiger partial charge in [0.05, 0.1) is 0 Å². The van der Waals surface area contributed by atoms with Crippen LogP contribution in [0.2, 0.25) is 0 Å². The fourth-order valence-electron chi connectivity index (χ4n) is 1.83. The summed E-state index contributed by atoms with van der Waals surface area (Å²) in [5.41, 5.74) is -0.136. The van der Waals surface area contributed by atoms with Crippen molar-refractivity contribution in [3.05, 3.63) is 43.6 Å². The molecule has 0 aliphatic rings. The highest BCUT2D eigenvalue weighted by Crippen LogP contribution is 2.15. The van der Waals surface area contributed by atoms with Crippen LogP contribution in [0.4, 0.5) is 0 Å². The second kappa shape index (κ2) is 4.20. The largest absolute Gasteiger partial charge is 0.430 e. The summed E-state index contributed by atoms with van der Waals surface area (Å²) in [5.74, 6) is 1.07. The molecule has 2 rings (SSSR count). The summed E-state index contributed by atoms with van der Waals surface area (Å²) in [6, 6.07) is 1.30. The van der Waals surface area contributed by atoms with Crippen LogP contribution in [0.15, 0.2) is 24.5 Å². The summed E-state index contributed by atoms with van der Waals surface area (Å²) in [5, 5.41) is 0.00736. The zero-order valence-corrected chi connectivity index (χ0v) is 10.1. The summed E-state index contributed by atoms with van der Waals surface area (Å²) >= 11 is 0. The molecule has 0 saturated carbocycles. The van der Waals surface area contributed by atoms with Crippen LogP contribution in [-0.2, 0) is 6.42 Å². The van der Waals surface area contributed by atoms with E-state index in [-0.39, 0.29) is 22.0 Å². The predicted molar refractivity (Wildman–Crippen MR) is 64.5 cm³/mol. The Hall–Kier alpha value is -1.84. The molecular formula is C13H14O4. The standard InChI is InChI=1S/C13H14O4/c1-4-5-10-8(3)12(15)11-9(14)6-7(2)16-13(11)17-10/h6H,4-5H2,1-3H3. The van der Waals surface area contributed by atoms with Gasteiger partial charge in [0, 0.05) is 18.1 Å². The fourth-order valence-corrected chi connectivity index (χ4v) is 1.83. The number of hydrogen-bond acceptors (Lipinski definition) is 4. The second-order valence-electron chi connectivity index (χ2n) is 4.11. The molecule has 0 aliphatic heterocycles. The van der Waals surface area contributed by atoms with Crippen LogP contribution < -0.4 is 10.9 Å². The van der Waals surface area contributed by atoms with Crippen LogP contribution in [0.5, 0.6) is 0 Å². The van der Waals surface area contributed by atoms with Crippen LogP contribution in [0.25, 0.3) is 11.2 Å². The molecule has 0 bridgehead atoms. The Morgan fingerprint density at radius 2 is 1.88 bits per heavy atom. The van der Waals surface area contributed by atoms with Gasteiger partial charge in [-0.05, 0) is 20.3 Å². The minimum Gasteiger partial charge on any atom is -0.430 e. The molecule has 90 valence electrons. The first-order chi connectivity index (χ1) is 8.04. The lowest BCUT2D eigenvalue weighted by molar-refractivity contribution is 0.417. The van der Waals surface area contributed by atoms with Crippen molar-refractivity contribution in [1.82, 2.24) is 0 Å². The van der Waals surface area contributed by atoms with Crippen molar-refractivity contribution in [2.75, 3.05) is 0 Å². The first-order valence-corrected chi connectivity index (χ1v) is 5.61. The van der Waals surface area contributed by atoms with Gasteiger partial charge >= 0.3 is 5.78 Å². The molecule has 17 heavy (non-hydrogen) atoms. The van der Waals surface area contributed by atoms with Gasteiger partial charge in [0.2, 0.25) is 5.43 Å². The number of rotatable bonds is 2. The Kier molecular flexibility index (Phi) is 2.88. The second-order valence-corrected chi connectivity index (χ2v) is 4.11. The number of hydrogen-bond donors (Lipinski definition) is 0. The van der Waals surface area contributed by atoms with E-state index in [4.69, 9.17) is 8.83 Å². The van der Waals surface area contributed by atoms with Crippen molar-refractivity contribution < 1.29 is 8.83 Å². The quantitative estimate of drug-likeness (QED) is 0.800. The van der Waals surface area contributed by atoms with Crippen LogP contribution in [0, 0.1) is 13.8 Å². The highest BCUT2D eigenvalue weighted by Gasteiger charge is 2.14. The maximum absolute atomic E-state index is 12.0. The third-order valence-electron chi connectivity index (χ3n) is 2.72. The van der Waals surface area contributed by atoms with Gasteiger partial charge in [0.15, 0.2) is 10.8 Å². The third-order valence-corrected chi connectivity index (χ3v) is 2.72. The van der Waals surface area contributed by atoms with E-state index in [0.717, 1.165) is 6.42 Å². The molecule has 4 heteroatoms. The first kappa shape index (κ1) is 11.6. The average molecular weight is 234 g/mol. The third kappa shape index (κ3) is 1.90. The zero-order chi connectivity index (χ0) is 12.6. The highest BCUT2D eigenvalue weighted by molar-refractivity contribution is 5.71. The van der Waals surface area contributed by atoms with Crippen molar-refractivity contribution in [2.45, 2.75) is 33.6 Å². The lowest BCUT2D eigenvalue weighted by Gasteiger charge is -2.04. The molecule has 0 radical (unpaired) electrons. The Morgan fingerprint density at radius 1 is 1.18 bits per heavy atom. The topological polar surface area (TPSA) is 60.4 Å². The Morgan fingerprint density at radius 3 is 2.53 bits per heavy atom. The summed E-state index contributed by atoms with van der Waals surface area (Å²) in [6.07, 6.45) is 1.53. The molecule has 2 aromatic heterocycles. The van der Waals surface area contributed by atoms with Crippen molar-refractivity contribution >= 4 is 11.2 Å². The van der Waals surface area contributed by atoms with Crippen molar-refractivity contribution in [3.8, 4) is 0 Å². The van der Waals surface area contributed by atoms with Crippen LogP contribution in [0.3, 0.4) is 0 Å². The van der Waals surface area contributed by atoms with Gasteiger partial charge in [-0.3, -0.25) is 9.59 Å². The maximum Gasteiger partial charge on any atom is 0.305 e. The Balaban J connectivity index is 2.91. The molecule has 0 N–H and O–H groups in total. The molecule has 0 aliphatic carbocycles. The van der Waals surface area contributed by atoms with Gasteiger partial charge in [-0.25, -0.2) is 0 Å². The minimum absolute atomic E-state index is 0.00736. The van der Waals surface area contributed by atoms with E-state index in [9.17, 15) is 9.59 Å². The zero-order valence-electron chi connectivity index (χ0n) is 10.1. The smallest absolute Gasteiger partial charge is 0.305 e. The molecular weight excluding hydrogens is 220 g/mol. The molecule has 4 nitrogen and oxygen atoms in total. The van der Waals surface area contributed by atoms with E-state index in [1.165, 1.54) is 6.07 Å². The monoisotopic (exact) mass is 234 g/mol. The van der Waals surface area contributed by atoms with E-state index in [1.54, 1.807) is 13.8 Å². The first-order valence-electron chi connectivity index (χ1n) is 5.61. The Labute approximate surface area is 97.9 Å². The van der Waals surface area contributed by atoms with Gasteiger partial charge in [0.25, 0.3) is 0 Å². The predicted octanol–water partition coefficient (Wildman–Crippen LogP) is 2.32. The molecule has 2 heterocycles. The van der Waals surface area contributed by atoms with Crippen LogP contribution in [-0.4, -0.2) is 0 Å². The van der Waals surface area contributed by atoms with E-state index in [2.05, 4.69) is 0 Å². The lowest BCUT2D eigenvalue weighted by atomic mass is 10.1. The van der Waals surface area contributed by atoms with E-state index < -0.39 is 0 Å². The van der Waals surface area contributed by atoms with Crippen molar-refractivity contribution in [1.29, 1.82) is 0 Å². The highest BCUT2D eigenvalue weighted by atomic mass is 16.5. The molecule has 2 aromatic rings. The molecule has 0 unspecified atom stereocenters.